The molecule has 0 N–H and O–H groups in total. The highest BCUT2D eigenvalue weighted by Crippen LogP contribution is 2.14. The van der Waals surface area contributed by atoms with Gasteiger partial charge in [-0.3, -0.25) is 9.55 Å². The predicted molar refractivity (Wildman–Crippen MR) is 85.7 cm³/mol. The minimum Gasteiger partial charge on any atom is -0.277 e. The maximum Gasteiger partial charge on any atom is 0.346 e. The maximum atomic E-state index is 12.4. The fraction of sp³-hybridized carbons (Fsp3) is 0.235. The number of aromatic nitrogens is 4. The molecule has 5 heteroatoms. The first-order chi connectivity index (χ1) is 10.6. The molecule has 5 nitrogen and oxygen atoms in total. The summed E-state index contributed by atoms with van der Waals surface area (Å²) in [6.45, 7) is 4.55. The van der Waals surface area contributed by atoms with Crippen molar-refractivity contribution in [2.75, 3.05) is 0 Å². The van der Waals surface area contributed by atoms with E-state index in [-0.39, 0.29) is 5.69 Å². The molecule has 0 amide bonds. The van der Waals surface area contributed by atoms with E-state index in [0.29, 0.717) is 18.1 Å². The quantitative estimate of drug-likeness (QED) is 0.745. The summed E-state index contributed by atoms with van der Waals surface area (Å²) in [5.41, 5.74) is 3.99. The van der Waals surface area contributed by atoms with Crippen LogP contribution in [0.5, 0.6) is 0 Å². The molecule has 3 aromatic rings. The maximum absolute atomic E-state index is 12.4. The second kappa shape index (κ2) is 5.60. The van der Waals surface area contributed by atoms with Gasteiger partial charge in [0.2, 0.25) is 0 Å². The van der Waals surface area contributed by atoms with E-state index in [1.165, 1.54) is 14.8 Å². The number of benzene rings is 1. The Labute approximate surface area is 128 Å². The molecule has 3 rings (SSSR count). The number of nitrogens with zero attached hydrogens (tertiary/aromatic N) is 4. The van der Waals surface area contributed by atoms with Crippen LogP contribution in [-0.4, -0.2) is 19.3 Å². The zero-order chi connectivity index (χ0) is 15.7. The molecule has 0 aliphatic rings. The molecule has 2 aromatic heterocycles. The van der Waals surface area contributed by atoms with E-state index in [2.05, 4.69) is 28.3 Å². The topological polar surface area (TPSA) is 52.7 Å². The van der Waals surface area contributed by atoms with Crippen LogP contribution in [0, 0.1) is 13.8 Å². The molecule has 112 valence electrons. The lowest BCUT2D eigenvalue weighted by Gasteiger charge is -2.06. The van der Waals surface area contributed by atoms with Crippen molar-refractivity contribution < 1.29 is 0 Å². The molecule has 1 aromatic carbocycles. The van der Waals surface area contributed by atoms with Crippen molar-refractivity contribution in [3.05, 3.63) is 69.8 Å². The standard InChI is InChI=1S/C17H18N4O/c1-12-7-8-13(2)14(10-12)11-21-17(22)20(3)16(19-21)15-6-4-5-9-18-15/h4-10H,11H2,1-3H3. The molecule has 0 aliphatic heterocycles. The van der Waals surface area contributed by atoms with Crippen molar-refractivity contribution in [3.8, 4) is 11.5 Å². The Morgan fingerprint density at radius 1 is 1.14 bits per heavy atom. The van der Waals surface area contributed by atoms with Gasteiger partial charge in [-0.25, -0.2) is 9.48 Å². The first kappa shape index (κ1) is 14.3. The third kappa shape index (κ3) is 2.57. The van der Waals surface area contributed by atoms with Crippen LogP contribution in [0.3, 0.4) is 0 Å². The fourth-order valence-corrected chi connectivity index (χ4v) is 2.44. The summed E-state index contributed by atoms with van der Waals surface area (Å²) in [6, 6.07) is 11.8. The van der Waals surface area contributed by atoms with Crippen molar-refractivity contribution in [1.29, 1.82) is 0 Å². The van der Waals surface area contributed by atoms with Crippen LogP contribution in [-0.2, 0) is 13.6 Å². The highest BCUT2D eigenvalue weighted by molar-refractivity contribution is 5.48. The van der Waals surface area contributed by atoms with Gasteiger partial charge in [0.05, 0.1) is 6.54 Å². The SMILES string of the molecule is Cc1ccc(C)c(Cn2nc(-c3ccccn3)n(C)c2=O)c1. The Morgan fingerprint density at radius 2 is 1.95 bits per heavy atom. The summed E-state index contributed by atoms with van der Waals surface area (Å²) < 4.78 is 3.03. The number of rotatable bonds is 3. The van der Waals surface area contributed by atoms with Crippen LogP contribution >= 0.6 is 0 Å². The molecule has 0 aliphatic carbocycles. The number of hydrogen-bond donors (Lipinski definition) is 0. The number of pyridine rings is 1. The average Bonchev–Trinajstić information content (AvgIpc) is 2.80. The molecule has 0 bridgehead atoms. The van der Waals surface area contributed by atoms with E-state index in [1.54, 1.807) is 13.2 Å². The number of hydrogen-bond acceptors (Lipinski definition) is 3. The molecule has 22 heavy (non-hydrogen) atoms. The van der Waals surface area contributed by atoms with Crippen molar-refractivity contribution >= 4 is 0 Å². The highest BCUT2D eigenvalue weighted by atomic mass is 16.2. The molecule has 2 heterocycles. The van der Waals surface area contributed by atoms with Crippen LogP contribution in [0.2, 0.25) is 0 Å². The first-order valence-electron chi connectivity index (χ1n) is 7.17. The van der Waals surface area contributed by atoms with E-state index < -0.39 is 0 Å². The van der Waals surface area contributed by atoms with E-state index in [9.17, 15) is 4.79 Å². The molecule has 0 atom stereocenters. The Hall–Kier alpha value is -2.69. The lowest BCUT2D eigenvalue weighted by atomic mass is 10.1. The summed E-state index contributed by atoms with van der Waals surface area (Å²) in [6.07, 6.45) is 1.70. The van der Waals surface area contributed by atoms with E-state index in [0.717, 1.165) is 11.1 Å². The van der Waals surface area contributed by atoms with Gasteiger partial charge in [0.25, 0.3) is 0 Å². The summed E-state index contributed by atoms with van der Waals surface area (Å²) in [5.74, 6) is 0.580. The Bertz CT molecular complexity index is 862. The molecular formula is C17H18N4O. The van der Waals surface area contributed by atoms with Crippen molar-refractivity contribution in [2.45, 2.75) is 20.4 Å². The van der Waals surface area contributed by atoms with Gasteiger partial charge in [0.1, 0.15) is 5.69 Å². The molecule has 0 unspecified atom stereocenters. The second-order valence-corrected chi connectivity index (χ2v) is 5.47. The van der Waals surface area contributed by atoms with Crippen LogP contribution in [0.1, 0.15) is 16.7 Å². The normalized spacial score (nSPS) is 10.9. The van der Waals surface area contributed by atoms with Crippen molar-refractivity contribution in [3.63, 3.8) is 0 Å². The minimum atomic E-state index is -0.137. The van der Waals surface area contributed by atoms with Crippen LogP contribution < -0.4 is 5.69 Å². The van der Waals surface area contributed by atoms with Crippen molar-refractivity contribution in [2.24, 2.45) is 7.05 Å². The molecule has 0 saturated heterocycles. The van der Waals surface area contributed by atoms with Gasteiger partial charge < -0.3 is 0 Å². The first-order valence-corrected chi connectivity index (χ1v) is 7.17. The van der Waals surface area contributed by atoms with Crippen LogP contribution in [0.4, 0.5) is 0 Å². The van der Waals surface area contributed by atoms with E-state index in [4.69, 9.17) is 0 Å². The average molecular weight is 294 g/mol. The Kier molecular flexibility index (Phi) is 3.63. The molecule has 0 radical (unpaired) electrons. The fourth-order valence-electron chi connectivity index (χ4n) is 2.44. The summed E-state index contributed by atoms with van der Waals surface area (Å²) >= 11 is 0. The van der Waals surface area contributed by atoms with Gasteiger partial charge in [-0.05, 0) is 37.1 Å². The molecule has 0 spiro atoms. The largest absolute Gasteiger partial charge is 0.346 e. The van der Waals surface area contributed by atoms with Crippen LogP contribution in [0.15, 0.2) is 47.4 Å². The summed E-state index contributed by atoms with van der Waals surface area (Å²) in [7, 11) is 1.72. The minimum absolute atomic E-state index is 0.137. The Morgan fingerprint density at radius 3 is 2.68 bits per heavy atom. The van der Waals surface area contributed by atoms with Gasteiger partial charge >= 0.3 is 5.69 Å². The van der Waals surface area contributed by atoms with Gasteiger partial charge in [-0.15, -0.1) is 5.10 Å². The van der Waals surface area contributed by atoms with Crippen molar-refractivity contribution in [1.82, 2.24) is 19.3 Å². The third-order valence-corrected chi connectivity index (χ3v) is 3.76. The van der Waals surface area contributed by atoms with Gasteiger partial charge in [0, 0.05) is 13.2 Å². The van der Waals surface area contributed by atoms with E-state index in [1.807, 2.05) is 32.0 Å². The van der Waals surface area contributed by atoms with Gasteiger partial charge in [-0.2, -0.15) is 0 Å². The zero-order valence-electron chi connectivity index (χ0n) is 12.9. The zero-order valence-corrected chi connectivity index (χ0v) is 12.9. The van der Waals surface area contributed by atoms with Gasteiger partial charge in [0.15, 0.2) is 5.82 Å². The highest BCUT2D eigenvalue weighted by Gasteiger charge is 2.13. The summed E-state index contributed by atoms with van der Waals surface area (Å²) in [4.78, 5) is 16.7. The monoisotopic (exact) mass is 294 g/mol. The third-order valence-electron chi connectivity index (χ3n) is 3.76. The second-order valence-electron chi connectivity index (χ2n) is 5.47. The molecule has 0 fully saturated rings. The summed E-state index contributed by atoms with van der Waals surface area (Å²) in [5, 5.41) is 4.45. The molecular weight excluding hydrogens is 276 g/mol. The smallest absolute Gasteiger partial charge is 0.277 e. The lowest BCUT2D eigenvalue weighted by molar-refractivity contribution is 0.644. The number of aryl methyl sites for hydroxylation is 2. The predicted octanol–water partition coefficient (Wildman–Crippen LogP) is 2.31. The molecule has 0 saturated carbocycles. The van der Waals surface area contributed by atoms with Crippen LogP contribution in [0.25, 0.3) is 11.5 Å². The van der Waals surface area contributed by atoms with E-state index >= 15 is 0 Å². The Balaban J connectivity index is 2.03. The van der Waals surface area contributed by atoms with Gasteiger partial charge in [-0.1, -0.05) is 29.8 Å². The lowest BCUT2D eigenvalue weighted by Crippen LogP contribution is -2.24.